The molecule has 0 N–H and O–H groups in total. The van der Waals surface area contributed by atoms with Gasteiger partial charge in [-0.05, 0) is 12.5 Å². The van der Waals surface area contributed by atoms with Crippen molar-refractivity contribution in [1.82, 2.24) is 14.7 Å². The molecule has 0 atom stereocenters. The van der Waals surface area contributed by atoms with Gasteiger partial charge in [0.05, 0.1) is 17.7 Å². The van der Waals surface area contributed by atoms with Crippen LogP contribution in [0.5, 0.6) is 0 Å². The molecule has 0 spiro atoms. The van der Waals surface area contributed by atoms with Crippen LogP contribution in [0.15, 0.2) is 6.07 Å². The summed E-state index contributed by atoms with van der Waals surface area (Å²) in [5, 5.41) is 13.0. The first kappa shape index (κ1) is 11.6. The van der Waals surface area contributed by atoms with Gasteiger partial charge < -0.3 is 4.90 Å². The van der Waals surface area contributed by atoms with Gasteiger partial charge in [-0.1, -0.05) is 13.3 Å². The van der Waals surface area contributed by atoms with Crippen molar-refractivity contribution in [1.29, 1.82) is 5.26 Å². The second-order valence-corrected chi connectivity index (χ2v) is 4.43. The van der Waals surface area contributed by atoms with E-state index in [1.807, 2.05) is 6.07 Å². The molecule has 1 aromatic heterocycles. The van der Waals surface area contributed by atoms with Gasteiger partial charge in [-0.15, -0.1) is 0 Å². The van der Waals surface area contributed by atoms with Crippen LogP contribution >= 0.6 is 0 Å². The number of carbonyl (C=O) groups excluding carboxylic acids is 1. The van der Waals surface area contributed by atoms with E-state index in [-0.39, 0.29) is 11.8 Å². The lowest BCUT2D eigenvalue weighted by Gasteiger charge is -2.35. The number of carbonyl (C=O) groups is 1. The fourth-order valence-electron chi connectivity index (χ4n) is 1.99. The minimum atomic E-state index is -0.0196. The zero-order chi connectivity index (χ0) is 12.4. The molecule has 1 amide bonds. The third kappa shape index (κ3) is 2.16. The summed E-state index contributed by atoms with van der Waals surface area (Å²) in [6, 6.07) is 4.01. The summed E-state index contributed by atoms with van der Waals surface area (Å²) in [5.41, 5.74) is 1.57. The summed E-state index contributed by atoms with van der Waals surface area (Å²) in [4.78, 5) is 13.8. The summed E-state index contributed by atoms with van der Waals surface area (Å²) in [6.07, 6.45) is 1.91. The maximum absolute atomic E-state index is 12.1. The Morgan fingerprint density at radius 2 is 2.35 bits per heavy atom. The number of nitriles is 1. The van der Waals surface area contributed by atoms with Crippen molar-refractivity contribution in [3.63, 3.8) is 0 Å². The molecule has 0 bridgehead atoms. The van der Waals surface area contributed by atoms with Gasteiger partial charge >= 0.3 is 0 Å². The van der Waals surface area contributed by atoms with Crippen molar-refractivity contribution < 1.29 is 4.79 Å². The van der Waals surface area contributed by atoms with Crippen molar-refractivity contribution >= 4 is 5.91 Å². The van der Waals surface area contributed by atoms with Crippen LogP contribution in [-0.4, -0.2) is 33.7 Å². The topological polar surface area (TPSA) is 61.9 Å². The number of aryl methyl sites for hydroxylation is 2. The van der Waals surface area contributed by atoms with Crippen LogP contribution in [0.3, 0.4) is 0 Å². The van der Waals surface area contributed by atoms with E-state index in [2.05, 4.69) is 18.1 Å². The third-order valence-corrected chi connectivity index (χ3v) is 3.01. The molecule has 2 heterocycles. The SMILES string of the molecule is CCCc1cc(C(=O)N2CC(C#N)C2)n(C)n1. The molecule has 0 saturated carbocycles. The number of rotatable bonds is 3. The van der Waals surface area contributed by atoms with E-state index < -0.39 is 0 Å². The zero-order valence-electron chi connectivity index (χ0n) is 10.2. The van der Waals surface area contributed by atoms with Gasteiger partial charge in [-0.25, -0.2) is 0 Å². The number of hydrogen-bond acceptors (Lipinski definition) is 3. The van der Waals surface area contributed by atoms with E-state index >= 15 is 0 Å². The fraction of sp³-hybridized carbons (Fsp3) is 0.583. The monoisotopic (exact) mass is 232 g/mol. The average Bonchev–Trinajstić information content (AvgIpc) is 2.58. The molecular formula is C12H16N4O. The zero-order valence-corrected chi connectivity index (χ0v) is 10.2. The van der Waals surface area contributed by atoms with Crippen molar-refractivity contribution in [3.05, 3.63) is 17.5 Å². The number of likely N-dealkylation sites (tertiary alicyclic amines) is 1. The number of hydrogen-bond donors (Lipinski definition) is 0. The lowest BCUT2D eigenvalue weighted by Crippen LogP contribution is -2.49. The van der Waals surface area contributed by atoms with Crippen molar-refractivity contribution in [3.8, 4) is 6.07 Å². The van der Waals surface area contributed by atoms with E-state index in [0.29, 0.717) is 18.8 Å². The van der Waals surface area contributed by atoms with E-state index in [9.17, 15) is 4.79 Å². The number of nitrogens with zero attached hydrogens (tertiary/aromatic N) is 4. The fourth-order valence-corrected chi connectivity index (χ4v) is 1.99. The first-order valence-corrected chi connectivity index (χ1v) is 5.87. The Labute approximate surface area is 101 Å². The van der Waals surface area contributed by atoms with Crippen molar-refractivity contribution in [2.75, 3.05) is 13.1 Å². The first-order chi connectivity index (χ1) is 8.15. The molecule has 90 valence electrons. The molecule has 1 aliphatic heterocycles. The normalized spacial score (nSPS) is 15.5. The van der Waals surface area contributed by atoms with Gasteiger partial charge in [-0.3, -0.25) is 9.48 Å². The second-order valence-electron chi connectivity index (χ2n) is 4.43. The Kier molecular flexibility index (Phi) is 3.14. The van der Waals surface area contributed by atoms with Crippen LogP contribution in [0, 0.1) is 17.2 Å². The molecule has 0 unspecified atom stereocenters. The molecule has 0 radical (unpaired) electrons. The van der Waals surface area contributed by atoms with E-state index in [4.69, 9.17) is 5.26 Å². The summed E-state index contributed by atoms with van der Waals surface area (Å²) >= 11 is 0. The summed E-state index contributed by atoms with van der Waals surface area (Å²) in [7, 11) is 1.79. The predicted molar refractivity (Wildman–Crippen MR) is 62.2 cm³/mol. The molecule has 0 aliphatic carbocycles. The predicted octanol–water partition coefficient (Wildman–Crippen LogP) is 0.968. The van der Waals surface area contributed by atoms with Crippen LogP contribution in [-0.2, 0) is 13.5 Å². The summed E-state index contributed by atoms with van der Waals surface area (Å²) in [6.45, 7) is 3.18. The lowest BCUT2D eigenvalue weighted by atomic mass is 10.0. The first-order valence-electron chi connectivity index (χ1n) is 5.87. The minimum absolute atomic E-state index is 0.00212. The van der Waals surface area contributed by atoms with Crippen molar-refractivity contribution in [2.45, 2.75) is 19.8 Å². The second kappa shape index (κ2) is 4.58. The van der Waals surface area contributed by atoms with Crippen LogP contribution in [0.25, 0.3) is 0 Å². The van der Waals surface area contributed by atoms with Crippen LogP contribution < -0.4 is 0 Å². The maximum Gasteiger partial charge on any atom is 0.272 e. The quantitative estimate of drug-likeness (QED) is 0.780. The van der Waals surface area contributed by atoms with Gasteiger partial charge in [0, 0.05) is 20.1 Å². The highest BCUT2D eigenvalue weighted by Crippen LogP contribution is 2.18. The van der Waals surface area contributed by atoms with E-state index in [0.717, 1.165) is 18.5 Å². The molecule has 5 nitrogen and oxygen atoms in total. The Hall–Kier alpha value is -1.83. The number of aromatic nitrogens is 2. The molecular weight excluding hydrogens is 216 g/mol. The largest absolute Gasteiger partial charge is 0.335 e. The highest BCUT2D eigenvalue weighted by Gasteiger charge is 2.32. The average molecular weight is 232 g/mol. The van der Waals surface area contributed by atoms with E-state index in [1.54, 1.807) is 16.6 Å². The Morgan fingerprint density at radius 1 is 1.65 bits per heavy atom. The third-order valence-electron chi connectivity index (χ3n) is 3.01. The standard InChI is InChI=1S/C12H16N4O/c1-3-4-10-5-11(15(2)14-10)12(17)16-7-9(6-13)8-16/h5,9H,3-4,7-8H2,1-2H3. The van der Waals surface area contributed by atoms with Crippen LogP contribution in [0.4, 0.5) is 0 Å². The highest BCUT2D eigenvalue weighted by molar-refractivity contribution is 5.93. The minimum Gasteiger partial charge on any atom is -0.335 e. The summed E-state index contributed by atoms with van der Waals surface area (Å²) in [5.74, 6) is -0.0175. The van der Waals surface area contributed by atoms with Gasteiger partial charge in [0.2, 0.25) is 0 Å². The molecule has 1 aliphatic rings. The molecule has 2 rings (SSSR count). The maximum atomic E-state index is 12.1. The van der Waals surface area contributed by atoms with Gasteiger partial charge in [0.25, 0.3) is 5.91 Å². The lowest BCUT2D eigenvalue weighted by molar-refractivity contribution is 0.0566. The van der Waals surface area contributed by atoms with Crippen LogP contribution in [0.2, 0.25) is 0 Å². The Bertz CT molecular complexity index is 465. The van der Waals surface area contributed by atoms with Gasteiger partial charge in [0.15, 0.2) is 0 Å². The molecule has 17 heavy (non-hydrogen) atoms. The highest BCUT2D eigenvalue weighted by atomic mass is 16.2. The van der Waals surface area contributed by atoms with Crippen molar-refractivity contribution in [2.24, 2.45) is 13.0 Å². The molecule has 5 heteroatoms. The Balaban J connectivity index is 2.07. The van der Waals surface area contributed by atoms with Gasteiger partial charge in [0.1, 0.15) is 5.69 Å². The number of amides is 1. The molecule has 0 aromatic carbocycles. The van der Waals surface area contributed by atoms with Crippen LogP contribution in [0.1, 0.15) is 29.5 Å². The van der Waals surface area contributed by atoms with E-state index in [1.165, 1.54) is 0 Å². The molecule has 1 fully saturated rings. The summed E-state index contributed by atoms with van der Waals surface area (Å²) < 4.78 is 1.63. The molecule has 1 saturated heterocycles. The molecule has 1 aromatic rings. The Morgan fingerprint density at radius 3 is 2.94 bits per heavy atom. The van der Waals surface area contributed by atoms with Gasteiger partial charge in [-0.2, -0.15) is 10.4 Å². The smallest absolute Gasteiger partial charge is 0.272 e.